The van der Waals surface area contributed by atoms with Crippen LogP contribution >= 0.6 is 27.3 Å². The van der Waals surface area contributed by atoms with Gasteiger partial charge >= 0.3 is 0 Å². The van der Waals surface area contributed by atoms with E-state index in [0.29, 0.717) is 0 Å². The minimum absolute atomic E-state index is 0.297. The molecule has 104 valence electrons. The maximum atomic E-state index is 10.2. The van der Waals surface area contributed by atoms with Crippen molar-refractivity contribution >= 4 is 27.3 Å². The van der Waals surface area contributed by atoms with Crippen molar-refractivity contribution in [3.05, 3.63) is 37.7 Å². The second kappa shape index (κ2) is 6.20. The first-order valence-electron chi connectivity index (χ1n) is 6.38. The van der Waals surface area contributed by atoms with Crippen LogP contribution in [0.5, 0.6) is 0 Å². The normalized spacial score (nSPS) is 12.9. The lowest BCUT2D eigenvalue weighted by Crippen LogP contribution is -2.11. The summed E-state index contributed by atoms with van der Waals surface area (Å²) in [6.45, 7) is 4.11. The molecule has 0 fully saturated rings. The Morgan fingerprint density at radius 1 is 1.47 bits per heavy atom. The number of aliphatic hydroxyl groups excluding tert-OH is 1. The number of aliphatic hydroxyl groups is 1. The van der Waals surface area contributed by atoms with Gasteiger partial charge in [-0.05, 0) is 59.6 Å². The van der Waals surface area contributed by atoms with Crippen LogP contribution in [-0.2, 0) is 19.9 Å². The van der Waals surface area contributed by atoms with E-state index in [4.69, 9.17) is 0 Å². The fourth-order valence-corrected chi connectivity index (χ4v) is 3.86. The van der Waals surface area contributed by atoms with Gasteiger partial charge in [-0.15, -0.1) is 11.3 Å². The molecule has 0 aliphatic rings. The molecule has 2 rings (SSSR count). The van der Waals surface area contributed by atoms with Gasteiger partial charge in [-0.25, -0.2) is 0 Å². The van der Waals surface area contributed by atoms with E-state index in [1.807, 2.05) is 30.1 Å². The molecule has 2 heterocycles. The van der Waals surface area contributed by atoms with Gasteiger partial charge in [0.1, 0.15) is 0 Å². The topological polar surface area (TPSA) is 38.0 Å². The zero-order valence-corrected chi connectivity index (χ0v) is 13.9. The Hall–Kier alpha value is -0.650. The largest absolute Gasteiger partial charge is 0.393 e. The zero-order chi connectivity index (χ0) is 14.0. The molecule has 2 aromatic heterocycles. The number of thiophene rings is 1. The van der Waals surface area contributed by atoms with Gasteiger partial charge in [0, 0.05) is 28.5 Å². The van der Waals surface area contributed by atoms with Crippen molar-refractivity contribution in [1.82, 2.24) is 9.78 Å². The van der Waals surface area contributed by atoms with E-state index in [-0.39, 0.29) is 6.10 Å². The van der Waals surface area contributed by atoms with Crippen LogP contribution in [0.15, 0.2) is 15.9 Å². The van der Waals surface area contributed by atoms with Gasteiger partial charge in [0.25, 0.3) is 0 Å². The van der Waals surface area contributed by atoms with Crippen molar-refractivity contribution in [1.29, 1.82) is 0 Å². The molecule has 1 atom stereocenters. The maximum absolute atomic E-state index is 10.2. The number of hydrogen-bond acceptors (Lipinski definition) is 3. The van der Waals surface area contributed by atoms with Gasteiger partial charge in [0.05, 0.1) is 11.8 Å². The average Bonchev–Trinajstić information content (AvgIpc) is 2.84. The van der Waals surface area contributed by atoms with Crippen LogP contribution in [0.25, 0.3) is 0 Å². The molecule has 0 saturated heterocycles. The molecule has 2 aromatic rings. The number of rotatable bonds is 5. The van der Waals surface area contributed by atoms with Crippen molar-refractivity contribution in [2.24, 2.45) is 7.05 Å². The minimum Gasteiger partial charge on any atom is -0.393 e. The predicted octanol–water partition coefficient (Wildman–Crippen LogP) is 3.40. The molecule has 3 nitrogen and oxygen atoms in total. The van der Waals surface area contributed by atoms with E-state index in [1.54, 1.807) is 11.3 Å². The highest BCUT2D eigenvalue weighted by Gasteiger charge is 2.13. The van der Waals surface area contributed by atoms with E-state index in [0.717, 1.165) is 29.4 Å². The summed E-state index contributed by atoms with van der Waals surface area (Å²) < 4.78 is 3.01. The van der Waals surface area contributed by atoms with Gasteiger partial charge in [0.2, 0.25) is 0 Å². The highest BCUT2D eigenvalue weighted by atomic mass is 79.9. The van der Waals surface area contributed by atoms with E-state index in [9.17, 15) is 5.11 Å². The molecule has 0 aliphatic carbocycles. The summed E-state index contributed by atoms with van der Waals surface area (Å²) in [5.41, 5.74) is 3.54. The summed E-state index contributed by atoms with van der Waals surface area (Å²) in [4.78, 5) is 1.21. The van der Waals surface area contributed by atoms with Gasteiger partial charge in [-0.2, -0.15) is 5.10 Å². The standard InChI is InChI=1S/C14H19BrN2OS/c1-9-12(10(2)17(3)16-9)5-4-11(18)8-14-13(15)6-7-19-14/h6-7,11,18H,4-5,8H2,1-3H3. The smallest absolute Gasteiger partial charge is 0.0628 e. The molecular weight excluding hydrogens is 324 g/mol. The molecular formula is C14H19BrN2OS. The van der Waals surface area contributed by atoms with Crippen molar-refractivity contribution < 1.29 is 5.11 Å². The molecule has 5 heteroatoms. The van der Waals surface area contributed by atoms with Crippen LogP contribution in [0.1, 0.15) is 28.2 Å². The molecule has 1 N–H and O–H groups in total. The van der Waals surface area contributed by atoms with Gasteiger partial charge in [-0.3, -0.25) is 4.68 Å². The third-order valence-corrected chi connectivity index (χ3v) is 5.45. The van der Waals surface area contributed by atoms with Crippen molar-refractivity contribution in [3.8, 4) is 0 Å². The molecule has 0 bridgehead atoms. The Bertz CT molecular complexity index is 562. The Kier molecular flexibility index (Phi) is 4.81. The first kappa shape index (κ1) is 14.8. The second-order valence-electron chi connectivity index (χ2n) is 4.86. The van der Waals surface area contributed by atoms with Crippen LogP contribution in [0, 0.1) is 13.8 Å². The predicted molar refractivity (Wildman–Crippen MR) is 82.7 cm³/mol. The summed E-state index contributed by atoms with van der Waals surface area (Å²) in [6.07, 6.45) is 2.08. The Labute approximate surface area is 126 Å². The highest BCUT2D eigenvalue weighted by molar-refractivity contribution is 9.10. The van der Waals surface area contributed by atoms with Crippen LogP contribution < -0.4 is 0 Å². The van der Waals surface area contributed by atoms with Crippen LogP contribution in [0.3, 0.4) is 0 Å². The van der Waals surface area contributed by atoms with Gasteiger partial charge in [-0.1, -0.05) is 0 Å². The van der Waals surface area contributed by atoms with Gasteiger partial charge < -0.3 is 5.11 Å². The Morgan fingerprint density at radius 3 is 2.74 bits per heavy atom. The molecule has 0 spiro atoms. The van der Waals surface area contributed by atoms with Crippen LogP contribution in [0.4, 0.5) is 0 Å². The lowest BCUT2D eigenvalue weighted by molar-refractivity contribution is 0.166. The van der Waals surface area contributed by atoms with E-state index in [2.05, 4.69) is 28.0 Å². The molecule has 0 amide bonds. The summed E-state index contributed by atoms with van der Waals surface area (Å²) in [6, 6.07) is 2.03. The minimum atomic E-state index is -0.297. The number of aromatic nitrogens is 2. The monoisotopic (exact) mass is 342 g/mol. The zero-order valence-electron chi connectivity index (χ0n) is 11.5. The molecule has 0 aromatic carbocycles. The number of nitrogens with zero attached hydrogens (tertiary/aromatic N) is 2. The van der Waals surface area contributed by atoms with E-state index in [1.165, 1.54) is 16.1 Å². The molecule has 0 radical (unpaired) electrons. The Balaban J connectivity index is 1.93. The Morgan fingerprint density at radius 2 is 2.21 bits per heavy atom. The van der Waals surface area contributed by atoms with E-state index >= 15 is 0 Å². The lowest BCUT2D eigenvalue weighted by atomic mass is 10.0. The summed E-state index contributed by atoms with van der Waals surface area (Å²) in [5, 5.41) is 16.6. The summed E-state index contributed by atoms with van der Waals surface area (Å²) in [5.74, 6) is 0. The summed E-state index contributed by atoms with van der Waals surface area (Å²) >= 11 is 5.19. The number of hydrogen-bond donors (Lipinski definition) is 1. The second-order valence-corrected chi connectivity index (χ2v) is 6.72. The first-order valence-corrected chi connectivity index (χ1v) is 8.05. The average molecular weight is 343 g/mol. The third kappa shape index (κ3) is 3.46. The number of halogens is 1. The van der Waals surface area contributed by atoms with Crippen molar-refractivity contribution in [2.75, 3.05) is 0 Å². The highest BCUT2D eigenvalue weighted by Crippen LogP contribution is 2.25. The molecule has 0 aliphatic heterocycles. The fourth-order valence-electron chi connectivity index (χ4n) is 2.28. The van der Waals surface area contributed by atoms with Crippen molar-refractivity contribution in [3.63, 3.8) is 0 Å². The lowest BCUT2D eigenvalue weighted by Gasteiger charge is -2.10. The van der Waals surface area contributed by atoms with E-state index < -0.39 is 0 Å². The molecule has 19 heavy (non-hydrogen) atoms. The SMILES string of the molecule is Cc1nn(C)c(C)c1CCC(O)Cc1sccc1Br. The molecule has 0 saturated carbocycles. The maximum Gasteiger partial charge on any atom is 0.0628 e. The third-order valence-electron chi connectivity index (χ3n) is 3.50. The van der Waals surface area contributed by atoms with Crippen molar-refractivity contribution in [2.45, 2.75) is 39.2 Å². The first-order chi connectivity index (χ1) is 8.99. The van der Waals surface area contributed by atoms with Gasteiger partial charge in [0.15, 0.2) is 0 Å². The summed E-state index contributed by atoms with van der Waals surface area (Å²) in [7, 11) is 1.96. The molecule has 1 unspecified atom stereocenters. The van der Waals surface area contributed by atoms with Crippen LogP contribution in [0.2, 0.25) is 0 Å². The quantitative estimate of drug-likeness (QED) is 0.904. The number of aryl methyl sites for hydroxylation is 2. The fraction of sp³-hybridized carbons (Fsp3) is 0.500. The van der Waals surface area contributed by atoms with Crippen LogP contribution in [-0.4, -0.2) is 21.0 Å².